The molecule has 0 atom stereocenters. The quantitative estimate of drug-likeness (QED) is 0.597. The maximum Gasteiger partial charge on any atom is 0.189 e. The lowest BCUT2D eigenvalue weighted by molar-refractivity contribution is 0.590. The minimum Gasteiger partial charge on any atom is -0.369 e. The van der Waals surface area contributed by atoms with Crippen LogP contribution < -0.4 is 5.32 Å². The van der Waals surface area contributed by atoms with Crippen LogP contribution in [-0.2, 0) is 5.41 Å². The number of rotatable bonds is 5. The van der Waals surface area contributed by atoms with Crippen LogP contribution in [0.3, 0.4) is 0 Å². The van der Waals surface area contributed by atoms with E-state index in [0.29, 0.717) is 28.1 Å². The van der Waals surface area contributed by atoms with Gasteiger partial charge in [-0.2, -0.15) is 5.26 Å². The summed E-state index contributed by atoms with van der Waals surface area (Å²) >= 11 is 1.48. The lowest BCUT2D eigenvalue weighted by Crippen LogP contribution is -2.12. The van der Waals surface area contributed by atoms with Crippen molar-refractivity contribution in [3.63, 3.8) is 0 Å². The molecule has 1 aromatic carbocycles. The number of nitrogens with one attached hydrogen (secondary N) is 1. The van der Waals surface area contributed by atoms with Crippen LogP contribution in [-0.4, -0.2) is 22.8 Å². The molecular weight excluding hydrogens is 328 g/mol. The van der Waals surface area contributed by atoms with Gasteiger partial charge in [0.25, 0.3) is 0 Å². The fourth-order valence-electron chi connectivity index (χ4n) is 2.40. The molecule has 132 valence electrons. The third-order valence-electron chi connectivity index (χ3n) is 3.88. The third kappa shape index (κ3) is 4.73. The second kappa shape index (κ2) is 7.88. The van der Waals surface area contributed by atoms with Gasteiger partial charge in [0, 0.05) is 12.1 Å². The van der Waals surface area contributed by atoms with E-state index in [2.05, 4.69) is 68.1 Å². The maximum atomic E-state index is 9.70. The largest absolute Gasteiger partial charge is 0.369 e. The van der Waals surface area contributed by atoms with Crippen molar-refractivity contribution in [2.24, 2.45) is 5.92 Å². The van der Waals surface area contributed by atoms with E-state index in [-0.39, 0.29) is 5.41 Å². The van der Waals surface area contributed by atoms with Gasteiger partial charge < -0.3 is 5.32 Å². The standard InChI is InChI=1S/C20H26N4S/c1-13(2)12-22-18-16(11-21)17(23-19(24-18)25-6)14-7-9-15(10-8-14)20(3,4)5/h7-10,13H,12H2,1-6H3,(H,22,23,24). The summed E-state index contributed by atoms with van der Waals surface area (Å²) in [6.07, 6.45) is 1.94. The van der Waals surface area contributed by atoms with Crippen LogP contribution >= 0.6 is 11.8 Å². The summed E-state index contributed by atoms with van der Waals surface area (Å²) in [4.78, 5) is 9.10. The highest BCUT2D eigenvalue weighted by Gasteiger charge is 2.18. The van der Waals surface area contributed by atoms with E-state index in [4.69, 9.17) is 0 Å². The van der Waals surface area contributed by atoms with Crippen LogP contribution in [0, 0.1) is 17.2 Å². The average Bonchev–Trinajstić information content (AvgIpc) is 2.58. The Balaban J connectivity index is 2.52. The van der Waals surface area contributed by atoms with Gasteiger partial charge in [0.05, 0.1) is 5.69 Å². The number of thioether (sulfide) groups is 1. The molecule has 0 fully saturated rings. The zero-order valence-electron chi connectivity index (χ0n) is 15.8. The van der Waals surface area contributed by atoms with Crippen molar-refractivity contribution in [2.75, 3.05) is 18.1 Å². The van der Waals surface area contributed by atoms with Crippen molar-refractivity contribution in [3.8, 4) is 17.3 Å². The Morgan fingerprint density at radius 2 is 1.80 bits per heavy atom. The van der Waals surface area contributed by atoms with Gasteiger partial charge in [-0.15, -0.1) is 0 Å². The fraction of sp³-hybridized carbons (Fsp3) is 0.450. The number of nitriles is 1. The topological polar surface area (TPSA) is 61.6 Å². The summed E-state index contributed by atoms with van der Waals surface area (Å²) in [7, 11) is 0. The van der Waals surface area contributed by atoms with E-state index >= 15 is 0 Å². The molecule has 1 heterocycles. The number of benzene rings is 1. The highest BCUT2D eigenvalue weighted by Crippen LogP contribution is 2.30. The molecule has 1 aromatic heterocycles. The summed E-state index contributed by atoms with van der Waals surface area (Å²) in [5.41, 5.74) is 3.48. The Bertz CT molecular complexity index is 768. The predicted octanol–water partition coefficient (Wildman–Crippen LogP) is 5.10. The molecule has 0 spiro atoms. The zero-order chi connectivity index (χ0) is 18.6. The Morgan fingerprint density at radius 1 is 1.16 bits per heavy atom. The van der Waals surface area contributed by atoms with Gasteiger partial charge in [-0.1, -0.05) is 70.6 Å². The molecule has 0 aliphatic rings. The number of hydrogen-bond donors (Lipinski definition) is 1. The molecule has 25 heavy (non-hydrogen) atoms. The van der Waals surface area contributed by atoms with E-state index in [1.807, 2.05) is 18.4 Å². The molecule has 1 N–H and O–H groups in total. The Morgan fingerprint density at radius 3 is 2.28 bits per heavy atom. The van der Waals surface area contributed by atoms with E-state index in [1.165, 1.54) is 17.3 Å². The Kier molecular flexibility index (Phi) is 6.07. The summed E-state index contributed by atoms with van der Waals surface area (Å²) in [5.74, 6) is 1.08. The summed E-state index contributed by atoms with van der Waals surface area (Å²) < 4.78 is 0. The molecule has 0 radical (unpaired) electrons. The fourth-order valence-corrected chi connectivity index (χ4v) is 2.77. The molecule has 0 bridgehead atoms. The monoisotopic (exact) mass is 354 g/mol. The van der Waals surface area contributed by atoms with Crippen LogP contribution in [0.5, 0.6) is 0 Å². The highest BCUT2D eigenvalue weighted by molar-refractivity contribution is 7.98. The lowest BCUT2D eigenvalue weighted by atomic mass is 9.86. The van der Waals surface area contributed by atoms with Gasteiger partial charge in [0.1, 0.15) is 17.5 Å². The second-order valence-corrected chi connectivity index (χ2v) is 8.27. The van der Waals surface area contributed by atoms with Crippen LogP contribution in [0.25, 0.3) is 11.3 Å². The van der Waals surface area contributed by atoms with Crippen molar-refractivity contribution in [1.29, 1.82) is 5.26 Å². The molecule has 0 aliphatic carbocycles. The van der Waals surface area contributed by atoms with Crippen LogP contribution in [0.15, 0.2) is 29.4 Å². The normalized spacial score (nSPS) is 11.4. The SMILES string of the molecule is CSc1nc(NCC(C)C)c(C#N)c(-c2ccc(C(C)(C)C)cc2)n1. The van der Waals surface area contributed by atoms with E-state index < -0.39 is 0 Å². The first kappa shape index (κ1) is 19.3. The van der Waals surface area contributed by atoms with Crippen molar-refractivity contribution < 1.29 is 0 Å². The van der Waals surface area contributed by atoms with Crippen molar-refractivity contribution in [2.45, 2.75) is 45.2 Å². The predicted molar refractivity (Wildman–Crippen MR) is 106 cm³/mol. The molecule has 0 amide bonds. The lowest BCUT2D eigenvalue weighted by Gasteiger charge is -2.19. The third-order valence-corrected chi connectivity index (χ3v) is 4.43. The first-order valence-electron chi connectivity index (χ1n) is 8.47. The van der Waals surface area contributed by atoms with Gasteiger partial charge in [-0.3, -0.25) is 0 Å². The molecule has 0 unspecified atom stereocenters. The molecule has 0 saturated heterocycles. The zero-order valence-corrected chi connectivity index (χ0v) is 16.7. The minimum absolute atomic E-state index is 0.0939. The van der Waals surface area contributed by atoms with E-state index in [0.717, 1.165) is 12.1 Å². The van der Waals surface area contributed by atoms with Crippen LogP contribution in [0.4, 0.5) is 5.82 Å². The molecule has 2 aromatic rings. The van der Waals surface area contributed by atoms with Crippen LogP contribution in [0.1, 0.15) is 45.7 Å². The summed E-state index contributed by atoms with van der Waals surface area (Å²) in [6.45, 7) is 11.6. The first-order valence-corrected chi connectivity index (χ1v) is 9.69. The van der Waals surface area contributed by atoms with E-state index in [1.54, 1.807) is 0 Å². The first-order chi connectivity index (χ1) is 11.8. The smallest absolute Gasteiger partial charge is 0.189 e. The molecule has 4 nitrogen and oxygen atoms in total. The van der Waals surface area contributed by atoms with Gasteiger partial charge in [0.15, 0.2) is 5.16 Å². The second-order valence-electron chi connectivity index (χ2n) is 7.50. The maximum absolute atomic E-state index is 9.70. The Hall–Kier alpha value is -2.06. The number of hydrogen-bond acceptors (Lipinski definition) is 5. The number of aromatic nitrogens is 2. The Labute approximate surface area is 155 Å². The molecule has 2 rings (SSSR count). The van der Waals surface area contributed by atoms with E-state index in [9.17, 15) is 5.26 Å². The molecule has 0 saturated carbocycles. The summed E-state index contributed by atoms with van der Waals surface area (Å²) in [5, 5.41) is 13.7. The number of nitrogens with zero attached hydrogens (tertiary/aromatic N) is 3. The van der Waals surface area contributed by atoms with Crippen molar-refractivity contribution >= 4 is 17.6 Å². The molecule has 5 heteroatoms. The number of anilines is 1. The summed E-state index contributed by atoms with van der Waals surface area (Å²) in [6, 6.07) is 10.6. The molecular formula is C20H26N4S. The van der Waals surface area contributed by atoms with Crippen molar-refractivity contribution in [1.82, 2.24) is 9.97 Å². The van der Waals surface area contributed by atoms with Gasteiger partial charge in [-0.05, 0) is 23.2 Å². The average molecular weight is 355 g/mol. The van der Waals surface area contributed by atoms with Crippen molar-refractivity contribution in [3.05, 3.63) is 35.4 Å². The highest BCUT2D eigenvalue weighted by atomic mass is 32.2. The van der Waals surface area contributed by atoms with Gasteiger partial charge in [-0.25, -0.2) is 9.97 Å². The van der Waals surface area contributed by atoms with Crippen LogP contribution in [0.2, 0.25) is 0 Å². The van der Waals surface area contributed by atoms with Gasteiger partial charge in [0.2, 0.25) is 0 Å². The van der Waals surface area contributed by atoms with Gasteiger partial charge >= 0.3 is 0 Å². The minimum atomic E-state index is 0.0939. The molecule has 0 aliphatic heterocycles.